The number of halogens is 1. The third-order valence-corrected chi connectivity index (χ3v) is 24.6. The Balaban J connectivity index is 0.000000195. The number of nitrogens with one attached hydrogen (secondary N) is 2. The van der Waals surface area contributed by atoms with Crippen LogP contribution >= 0.6 is 15.9 Å². The van der Waals surface area contributed by atoms with Crippen LogP contribution in [-0.2, 0) is 55.3 Å². The summed E-state index contributed by atoms with van der Waals surface area (Å²) < 4.78 is 59.2. The van der Waals surface area contributed by atoms with Crippen LogP contribution in [0.2, 0.25) is 18.1 Å². The SMILES string of the molecule is CC(=O)OCc1c(B2OC(C)(C)C(C)(C)O2)cccc1-n1ccc2cc(N(C)C)ccc2c1=O.CCOc1cc(Nc2cc(Br)cn(C)c2=O)ccc1OCCO[Si](C)(C)C(C)(C)C.COCCOc1cc(Nc2cc(-c3cccc(-n4ccc5cc(N(C)C)ccc5c4=O)c3CO)cn(C)c2=O)ccc1OCCO. The van der Waals surface area contributed by atoms with Gasteiger partial charge in [-0.25, -0.2) is 0 Å². The van der Waals surface area contributed by atoms with Crippen molar-refractivity contribution >= 4 is 98.5 Å². The first kappa shape index (κ1) is 84.1. The summed E-state index contributed by atoms with van der Waals surface area (Å²) in [6, 6.07) is 40.5. The largest absolute Gasteiger partial charge is 0.495 e. The molecule has 11 rings (SSSR count). The molecule has 4 N–H and O–H groups in total. The van der Waals surface area contributed by atoms with Gasteiger partial charge < -0.3 is 81.9 Å². The van der Waals surface area contributed by atoms with Crippen LogP contribution in [0.1, 0.15) is 73.4 Å². The minimum atomic E-state index is -1.80. The highest BCUT2D eigenvalue weighted by molar-refractivity contribution is 9.10. The van der Waals surface area contributed by atoms with E-state index < -0.39 is 32.6 Å². The zero-order valence-corrected chi connectivity index (χ0v) is 68.7. The molecule has 6 aromatic carbocycles. The predicted molar refractivity (Wildman–Crippen MR) is 444 cm³/mol. The van der Waals surface area contributed by atoms with Crippen LogP contribution in [-0.4, -0.2) is 143 Å². The molecule has 1 fully saturated rings. The normalized spacial score (nSPS) is 13.0. The second kappa shape index (κ2) is 36.3. The number of hydrogen-bond acceptors (Lipinski definition) is 20. The summed E-state index contributed by atoms with van der Waals surface area (Å²) in [6.07, 6.45) is 6.89. The van der Waals surface area contributed by atoms with Gasteiger partial charge >= 0.3 is 13.1 Å². The molecule has 0 aliphatic carbocycles. The van der Waals surface area contributed by atoms with Crippen LogP contribution in [0.5, 0.6) is 23.0 Å². The van der Waals surface area contributed by atoms with E-state index in [1.165, 1.54) is 16.1 Å². The molecule has 1 aliphatic rings. The fourth-order valence-electron chi connectivity index (χ4n) is 11.8. The molecule has 1 saturated heterocycles. The van der Waals surface area contributed by atoms with E-state index >= 15 is 0 Å². The second-order valence-electron chi connectivity index (χ2n) is 29.4. The molecule has 0 amide bonds. The lowest BCUT2D eigenvalue weighted by atomic mass is 9.75. The van der Waals surface area contributed by atoms with Gasteiger partial charge in [0.1, 0.15) is 37.8 Å². The number of anilines is 6. The lowest BCUT2D eigenvalue weighted by Gasteiger charge is -2.36. The van der Waals surface area contributed by atoms with Crippen molar-refractivity contribution in [3.05, 3.63) is 215 Å². The van der Waals surface area contributed by atoms with Crippen molar-refractivity contribution in [2.24, 2.45) is 14.1 Å². The van der Waals surface area contributed by atoms with Gasteiger partial charge in [-0.3, -0.25) is 33.1 Å². The lowest BCUT2D eigenvalue weighted by molar-refractivity contribution is -0.142. The van der Waals surface area contributed by atoms with Crippen molar-refractivity contribution in [2.45, 2.75) is 105 Å². The molecule has 0 saturated carbocycles. The van der Waals surface area contributed by atoms with Gasteiger partial charge in [-0.2, -0.15) is 0 Å². The molecule has 10 aromatic rings. The van der Waals surface area contributed by atoms with Crippen LogP contribution < -0.4 is 67.1 Å². The van der Waals surface area contributed by atoms with Crippen LogP contribution in [0.3, 0.4) is 0 Å². The van der Waals surface area contributed by atoms with E-state index in [-0.39, 0.29) is 60.3 Å². The summed E-state index contributed by atoms with van der Waals surface area (Å²) in [5.74, 6) is 1.75. The maximum absolute atomic E-state index is 13.6. The van der Waals surface area contributed by atoms with Gasteiger partial charge in [-0.1, -0.05) is 45.0 Å². The van der Waals surface area contributed by atoms with Crippen LogP contribution in [0.15, 0.2) is 182 Å². The van der Waals surface area contributed by atoms with Crippen molar-refractivity contribution in [2.75, 3.05) is 102 Å². The average molecular weight is 1590 g/mol. The summed E-state index contributed by atoms with van der Waals surface area (Å²) in [6.45, 7) is 24.1. The van der Waals surface area contributed by atoms with Gasteiger partial charge in [0.25, 0.3) is 22.2 Å². The highest BCUT2D eigenvalue weighted by Crippen LogP contribution is 2.40. The molecule has 0 atom stereocenters. The van der Waals surface area contributed by atoms with E-state index in [9.17, 15) is 34.2 Å². The summed E-state index contributed by atoms with van der Waals surface area (Å²) in [5, 5.41) is 29.2. The molecule has 0 radical (unpaired) electrons. The first-order valence-corrected chi connectivity index (χ1v) is 40.0. The van der Waals surface area contributed by atoms with Crippen molar-refractivity contribution in [1.29, 1.82) is 0 Å². The molecule has 5 heterocycles. The number of carbonyl (C=O) groups excluding carboxylic acids is 1. The molecule has 584 valence electrons. The Bertz CT molecular complexity index is 5170. The number of methoxy groups -OCH3 is 1. The topological polar surface area (TPSA) is 259 Å². The van der Waals surface area contributed by atoms with E-state index in [4.69, 9.17) is 42.2 Å². The number of aliphatic hydroxyl groups is 2. The number of rotatable bonds is 27. The van der Waals surface area contributed by atoms with E-state index in [0.717, 1.165) is 37.8 Å². The number of nitrogens with zero attached hydrogens (tertiary/aromatic N) is 6. The Hall–Kier alpha value is -9.97. The Morgan fingerprint density at radius 2 is 1.10 bits per heavy atom. The molecule has 0 unspecified atom stereocenters. The molecular weight excluding hydrogens is 1480 g/mol. The van der Waals surface area contributed by atoms with E-state index in [1.807, 2.05) is 170 Å². The number of carbonyl (C=O) groups is 1. The first-order valence-electron chi connectivity index (χ1n) is 36.2. The maximum atomic E-state index is 13.6. The monoisotopic (exact) mass is 1580 g/mol. The number of aromatic nitrogens is 4. The van der Waals surface area contributed by atoms with Crippen molar-refractivity contribution < 1.29 is 57.2 Å². The van der Waals surface area contributed by atoms with Gasteiger partial charge in [-0.05, 0) is 188 Å². The summed E-state index contributed by atoms with van der Waals surface area (Å²) in [7, 11) is 10.3. The average Bonchev–Trinajstić information content (AvgIpc) is 1.53. The second-order valence-corrected chi connectivity index (χ2v) is 35.1. The fourth-order valence-corrected chi connectivity index (χ4v) is 13.4. The van der Waals surface area contributed by atoms with Gasteiger partial charge in [0.2, 0.25) is 0 Å². The molecule has 0 spiro atoms. The number of fused-ring (bicyclic) bond motifs is 2. The minimum absolute atomic E-state index is 0.00500. The molecule has 4 aromatic heterocycles. The molecule has 1 aliphatic heterocycles. The highest BCUT2D eigenvalue weighted by Gasteiger charge is 2.52. The zero-order chi connectivity index (χ0) is 80.2. The zero-order valence-electron chi connectivity index (χ0n) is 66.1. The predicted octanol–water partition coefficient (Wildman–Crippen LogP) is 13.2. The number of aliphatic hydroxyl groups excluding tert-OH is 2. The minimum Gasteiger partial charge on any atom is -0.490 e. The van der Waals surface area contributed by atoms with Crippen LogP contribution in [0, 0.1) is 0 Å². The number of ether oxygens (including phenoxy) is 6. The molecule has 110 heavy (non-hydrogen) atoms. The highest BCUT2D eigenvalue weighted by atomic mass is 79.9. The summed E-state index contributed by atoms with van der Waals surface area (Å²) in [5.41, 5.74) is 6.75. The molecule has 27 heteroatoms. The maximum Gasteiger partial charge on any atom is 0.495 e. The smallest absolute Gasteiger partial charge is 0.490 e. The quantitative estimate of drug-likeness (QED) is 0.0212. The van der Waals surface area contributed by atoms with Crippen molar-refractivity contribution in [3.63, 3.8) is 0 Å². The van der Waals surface area contributed by atoms with Gasteiger partial charge in [0, 0.05) is 148 Å². The Labute approximate surface area is 652 Å². The van der Waals surface area contributed by atoms with Crippen LogP contribution in [0.25, 0.3) is 44.0 Å². The van der Waals surface area contributed by atoms with E-state index in [2.05, 4.69) is 60.4 Å². The van der Waals surface area contributed by atoms with Crippen LogP contribution in [0.4, 0.5) is 34.1 Å². The van der Waals surface area contributed by atoms with Crippen molar-refractivity contribution in [1.82, 2.24) is 18.3 Å². The van der Waals surface area contributed by atoms with Gasteiger partial charge in [0.15, 0.2) is 31.3 Å². The Morgan fingerprint density at radius 1 is 0.600 bits per heavy atom. The number of pyridine rings is 4. The lowest BCUT2D eigenvalue weighted by Crippen LogP contribution is -2.41. The Kier molecular flexibility index (Phi) is 27.7. The standard InChI is InChI=1S/C35H38N4O7.C26H31BN2O5.C22H33BrN2O4Si/c1-37(2)26-9-10-28-23(18-26)12-13-39(34(28)42)31-7-5-6-27(29(31)22-41)24-19-30(35(43)38(3)21-24)36-25-8-11-32(45-15-14-40)33(20-25)46-17-16-44-4;1-17(30)32-16-21-22(27-33-25(2,3)26(4,5)34-27)9-8-10-23(21)29-14-13-18-15-19(28(6)7)11-12-20(18)24(29)31;1-8-27-20-14-17(24-18-13-16(23)15-25(5)21(18)26)9-10-19(20)28-11-12-29-30(6,7)22(2,3)4/h5-13,18-21,36,40-41H,14-17,22H2,1-4H3;8-15H,16H2,1-7H3;9-10,13-15,24H,8,11-12H2,1-7H3. The molecular formula is C83H102BBrN8O16Si. The third kappa shape index (κ3) is 20.0. The third-order valence-electron chi connectivity index (χ3n) is 19.6. The number of esters is 1. The number of benzene rings is 6. The van der Waals surface area contributed by atoms with E-state index in [0.29, 0.717) is 111 Å². The van der Waals surface area contributed by atoms with Crippen molar-refractivity contribution in [3.8, 4) is 45.5 Å². The fraction of sp³-hybridized carbons (Fsp3) is 0.361. The molecule has 0 bridgehead atoms. The van der Waals surface area contributed by atoms with E-state index in [1.54, 1.807) is 91.5 Å². The Morgan fingerprint density at radius 3 is 1.61 bits per heavy atom. The van der Waals surface area contributed by atoms with Gasteiger partial charge in [-0.15, -0.1) is 0 Å². The number of hydrogen-bond donors (Lipinski definition) is 4. The number of aryl methyl sites for hydroxylation is 2. The summed E-state index contributed by atoms with van der Waals surface area (Å²) >= 11 is 3.42. The summed E-state index contributed by atoms with van der Waals surface area (Å²) in [4.78, 5) is 68.4. The first-order chi connectivity index (χ1) is 52.1. The molecule has 24 nitrogen and oxygen atoms in total. The van der Waals surface area contributed by atoms with Gasteiger partial charge in [0.05, 0.1) is 55.6 Å².